The first kappa shape index (κ1) is 16.9. The predicted molar refractivity (Wildman–Crippen MR) is 87.1 cm³/mol. The Bertz CT molecular complexity index is 365. The molecule has 1 N–H and O–H groups in total. The highest BCUT2D eigenvalue weighted by molar-refractivity contribution is 5.43. The van der Waals surface area contributed by atoms with Crippen molar-refractivity contribution < 1.29 is 0 Å². The summed E-state index contributed by atoms with van der Waals surface area (Å²) in [7, 11) is 4.25. The summed E-state index contributed by atoms with van der Waals surface area (Å²) in [6.45, 7) is 9.70. The second-order valence-corrected chi connectivity index (χ2v) is 5.52. The SMILES string of the molecule is CCCNc1ncccc1CN(CCC)CCN(C)C. The summed E-state index contributed by atoms with van der Waals surface area (Å²) in [5.74, 6) is 1.04. The van der Waals surface area contributed by atoms with E-state index in [9.17, 15) is 0 Å². The lowest BCUT2D eigenvalue weighted by Crippen LogP contribution is -2.32. The van der Waals surface area contributed by atoms with E-state index in [1.165, 1.54) is 12.0 Å². The molecule has 0 aliphatic rings. The number of nitrogens with one attached hydrogen (secondary N) is 1. The average Bonchev–Trinajstić information content (AvgIpc) is 2.44. The van der Waals surface area contributed by atoms with Crippen LogP contribution in [-0.4, -0.2) is 55.1 Å². The maximum Gasteiger partial charge on any atom is 0.130 e. The summed E-state index contributed by atoms with van der Waals surface area (Å²) in [4.78, 5) is 9.22. The number of hydrogen-bond acceptors (Lipinski definition) is 4. The molecule has 0 fully saturated rings. The Balaban J connectivity index is 2.66. The van der Waals surface area contributed by atoms with Gasteiger partial charge in [0.05, 0.1) is 0 Å². The normalized spacial score (nSPS) is 11.3. The van der Waals surface area contributed by atoms with Crippen LogP contribution in [-0.2, 0) is 6.54 Å². The standard InChI is InChI=1S/C16H30N4/c1-5-9-17-16-15(8-7-10-18-16)14-20(11-6-2)13-12-19(3)4/h7-8,10H,5-6,9,11-14H2,1-4H3,(H,17,18). The molecule has 0 saturated heterocycles. The van der Waals surface area contributed by atoms with Crippen LogP contribution in [0, 0.1) is 0 Å². The van der Waals surface area contributed by atoms with Crippen LogP contribution in [0.3, 0.4) is 0 Å². The maximum absolute atomic E-state index is 4.48. The van der Waals surface area contributed by atoms with Gasteiger partial charge in [-0.15, -0.1) is 0 Å². The average molecular weight is 278 g/mol. The molecule has 0 atom stereocenters. The molecule has 0 bridgehead atoms. The first-order chi connectivity index (χ1) is 9.67. The van der Waals surface area contributed by atoms with Crippen molar-refractivity contribution in [2.24, 2.45) is 0 Å². The molecule has 0 saturated carbocycles. The van der Waals surface area contributed by atoms with Gasteiger partial charge >= 0.3 is 0 Å². The zero-order chi connectivity index (χ0) is 14.8. The third kappa shape index (κ3) is 6.35. The Kier molecular flexibility index (Phi) is 8.23. The largest absolute Gasteiger partial charge is 0.370 e. The predicted octanol–water partition coefficient (Wildman–Crippen LogP) is 2.68. The lowest BCUT2D eigenvalue weighted by molar-refractivity contribution is 0.234. The fourth-order valence-electron chi connectivity index (χ4n) is 2.14. The van der Waals surface area contributed by atoms with Gasteiger partial charge in [-0.3, -0.25) is 4.90 Å². The molecule has 4 nitrogen and oxygen atoms in total. The molecule has 1 aromatic rings. The fourth-order valence-corrected chi connectivity index (χ4v) is 2.14. The molecular formula is C16H30N4. The van der Waals surface area contributed by atoms with Crippen molar-refractivity contribution in [2.45, 2.75) is 33.2 Å². The first-order valence-electron chi connectivity index (χ1n) is 7.72. The van der Waals surface area contributed by atoms with Crippen LogP contribution >= 0.6 is 0 Å². The summed E-state index contributed by atoms with van der Waals surface area (Å²) >= 11 is 0. The van der Waals surface area contributed by atoms with Crippen molar-refractivity contribution in [3.63, 3.8) is 0 Å². The number of anilines is 1. The van der Waals surface area contributed by atoms with Crippen LogP contribution in [0.2, 0.25) is 0 Å². The third-order valence-electron chi connectivity index (χ3n) is 3.23. The highest BCUT2D eigenvalue weighted by atomic mass is 15.2. The van der Waals surface area contributed by atoms with Crippen molar-refractivity contribution in [3.05, 3.63) is 23.9 Å². The Morgan fingerprint density at radius 3 is 2.55 bits per heavy atom. The van der Waals surface area contributed by atoms with Crippen LogP contribution in [0.4, 0.5) is 5.82 Å². The van der Waals surface area contributed by atoms with E-state index in [0.717, 1.165) is 45.0 Å². The highest BCUT2D eigenvalue weighted by Gasteiger charge is 2.09. The topological polar surface area (TPSA) is 31.4 Å². The van der Waals surface area contributed by atoms with Gasteiger partial charge in [0.25, 0.3) is 0 Å². The van der Waals surface area contributed by atoms with Crippen LogP contribution in [0.25, 0.3) is 0 Å². The fraction of sp³-hybridized carbons (Fsp3) is 0.688. The van der Waals surface area contributed by atoms with E-state index in [0.29, 0.717) is 0 Å². The number of nitrogens with zero attached hydrogens (tertiary/aromatic N) is 3. The molecular weight excluding hydrogens is 248 g/mol. The summed E-state index contributed by atoms with van der Waals surface area (Å²) in [6.07, 6.45) is 4.17. The van der Waals surface area contributed by atoms with E-state index >= 15 is 0 Å². The van der Waals surface area contributed by atoms with Crippen LogP contribution in [0.15, 0.2) is 18.3 Å². The number of aromatic nitrogens is 1. The van der Waals surface area contributed by atoms with Gasteiger partial charge < -0.3 is 10.2 Å². The number of pyridine rings is 1. The molecule has 0 unspecified atom stereocenters. The van der Waals surface area contributed by atoms with Crippen LogP contribution in [0.1, 0.15) is 32.3 Å². The van der Waals surface area contributed by atoms with E-state index in [2.05, 4.69) is 54.1 Å². The minimum Gasteiger partial charge on any atom is -0.370 e. The van der Waals surface area contributed by atoms with E-state index in [-0.39, 0.29) is 0 Å². The summed E-state index contributed by atoms with van der Waals surface area (Å²) < 4.78 is 0. The monoisotopic (exact) mass is 278 g/mol. The van der Waals surface area contributed by atoms with Gasteiger partial charge in [-0.1, -0.05) is 19.9 Å². The molecule has 0 aliphatic heterocycles. The van der Waals surface area contributed by atoms with E-state index in [4.69, 9.17) is 0 Å². The molecule has 4 heteroatoms. The van der Waals surface area contributed by atoms with E-state index in [1.54, 1.807) is 0 Å². The molecule has 1 aromatic heterocycles. The van der Waals surface area contributed by atoms with Crippen LogP contribution < -0.4 is 5.32 Å². The van der Waals surface area contributed by atoms with E-state index in [1.807, 2.05) is 12.3 Å². The van der Waals surface area contributed by atoms with Crippen molar-refractivity contribution in [1.29, 1.82) is 0 Å². The number of rotatable bonds is 10. The Hall–Kier alpha value is -1.13. The molecule has 0 radical (unpaired) electrons. The van der Waals surface area contributed by atoms with E-state index < -0.39 is 0 Å². The molecule has 114 valence electrons. The van der Waals surface area contributed by atoms with Gasteiger partial charge in [0.2, 0.25) is 0 Å². The maximum atomic E-state index is 4.48. The second-order valence-electron chi connectivity index (χ2n) is 5.52. The van der Waals surface area contributed by atoms with Crippen molar-refractivity contribution in [3.8, 4) is 0 Å². The summed E-state index contributed by atoms with van der Waals surface area (Å²) in [6, 6.07) is 4.21. The van der Waals surface area contributed by atoms with Gasteiger partial charge in [0, 0.05) is 37.9 Å². The first-order valence-corrected chi connectivity index (χ1v) is 7.72. The smallest absolute Gasteiger partial charge is 0.130 e. The lowest BCUT2D eigenvalue weighted by Gasteiger charge is -2.24. The minimum absolute atomic E-state index is 0.974. The molecule has 0 aliphatic carbocycles. The molecule has 0 spiro atoms. The summed E-state index contributed by atoms with van der Waals surface area (Å²) in [5, 5.41) is 3.43. The van der Waals surface area contributed by atoms with Crippen molar-refractivity contribution in [2.75, 3.05) is 45.6 Å². The zero-order valence-electron chi connectivity index (χ0n) is 13.5. The third-order valence-corrected chi connectivity index (χ3v) is 3.23. The van der Waals surface area contributed by atoms with Gasteiger partial charge in [-0.25, -0.2) is 4.98 Å². The number of likely N-dealkylation sites (N-methyl/N-ethyl adjacent to an activating group) is 1. The molecule has 1 rings (SSSR count). The highest BCUT2D eigenvalue weighted by Crippen LogP contribution is 2.14. The molecule has 0 amide bonds. The number of hydrogen-bond donors (Lipinski definition) is 1. The van der Waals surface area contributed by atoms with Gasteiger partial charge in [-0.2, -0.15) is 0 Å². The molecule has 1 heterocycles. The quantitative estimate of drug-likeness (QED) is 0.713. The molecule has 0 aromatic carbocycles. The van der Waals surface area contributed by atoms with Gasteiger partial charge in [-0.05, 0) is 39.5 Å². The zero-order valence-corrected chi connectivity index (χ0v) is 13.5. The van der Waals surface area contributed by atoms with Gasteiger partial charge in [0.15, 0.2) is 0 Å². The second kappa shape index (κ2) is 9.72. The Labute approximate surface area is 124 Å². The van der Waals surface area contributed by atoms with Crippen molar-refractivity contribution in [1.82, 2.24) is 14.8 Å². The van der Waals surface area contributed by atoms with Crippen molar-refractivity contribution >= 4 is 5.82 Å². The van der Waals surface area contributed by atoms with Crippen LogP contribution in [0.5, 0.6) is 0 Å². The summed E-state index contributed by atoms with van der Waals surface area (Å²) in [5.41, 5.74) is 1.30. The Morgan fingerprint density at radius 1 is 1.10 bits per heavy atom. The Morgan fingerprint density at radius 2 is 1.90 bits per heavy atom. The molecule has 20 heavy (non-hydrogen) atoms. The lowest BCUT2D eigenvalue weighted by atomic mass is 10.2. The minimum atomic E-state index is 0.974. The van der Waals surface area contributed by atoms with Gasteiger partial charge in [0.1, 0.15) is 5.82 Å².